The lowest BCUT2D eigenvalue weighted by Gasteiger charge is -2.37. The van der Waals surface area contributed by atoms with Crippen LogP contribution in [-0.4, -0.2) is 54.7 Å². The molecule has 140 valence electrons. The van der Waals surface area contributed by atoms with Crippen molar-refractivity contribution in [3.63, 3.8) is 0 Å². The highest BCUT2D eigenvalue weighted by Gasteiger charge is 2.33. The molecule has 0 bridgehead atoms. The molecular formula is C21H31N5. The number of hydrogen-bond acceptors (Lipinski definition) is 5. The van der Waals surface area contributed by atoms with E-state index in [1.54, 1.807) is 0 Å². The molecule has 3 heterocycles. The fourth-order valence-electron chi connectivity index (χ4n) is 4.12. The molecule has 2 aliphatic rings. The summed E-state index contributed by atoms with van der Waals surface area (Å²) in [5, 5.41) is 2.53. The zero-order valence-corrected chi connectivity index (χ0v) is 16.2. The van der Waals surface area contributed by atoms with Crippen molar-refractivity contribution in [3.05, 3.63) is 36.5 Å². The SMILES string of the molecule is CC(C)(C)C1CC(CN2CCN(c3nccc4ccccc34)CC2)NN1. The van der Waals surface area contributed by atoms with E-state index in [1.165, 1.54) is 17.2 Å². The number of hydrogen-bond donors (Lipinski definition) is 2. The van der Waals surface area contributed by atoms with E-state index in [0.29, 0.717) is 17.5 Å². The molecule has 1 aromatic heterocycles. The first-order valence-electron chi connectivity index (χ1n) is 9.83. The average molecular weight is 354 g/mol. The number of anilines is 1. The number of benzene rings is 1. The van der Waals surface area contributed by atoms with Gasteiger partial charge in [-0.2, -0.15) is 0 Å². The second-order valence-corrected chi connectivity index (χ2v) is 8.78. The third kappa shape index (κ3) is 3.70. The zero-order chi connectivity index (χ0) is 18.1. The van der Waals surface area contributed by atoms with Gasteiger partial charge < -0.3 is 4.90 Å². The standard InChI is InChI=1S/C21H31N5/c1-21(2,3)19-14-17(23-24-19)15-25-10-12-26(13-11-25)20-18-7-5-4-6-16(18)8-9-22-20/h4-9,17,19,23-24H,10-15H2,1-3H3. The van der Waals surface area contributed by atoms with Crippen LogP contribution in [0.25, 0.3) is 10.8 Å². The summed E-state index contributed by atoms with van der Waals surface area (Å²) in [4.78, 5) is 9.71. The van der Waals surface area contributed by atoms with E-state index in [2.05, 4.69) is 76.7 Å². The second-order valence-electron chi connectivity index (χ2n) is 8.78. The van der Waals surface area contributed by atoms with Gasteiger partial charge in [-0.1, -0.05) is 45.0 Å². The molecule has 5 heteroatoms. The lowest BCUT2D eigenvalue weighted by Crippen LogP contribution is -2.50. The van der Waals surface area contributed by atoms with E-state index in [9.17, 15) is 0 Å². The monoisotopic (exact) mass is 353 g/mol. The Morgan fingerprint density at radius 3 is 2.54 bits per heavy atom. The van der Waals surface area contributed by atoms with E-state index >= 15 is 0 Å². The number of hydrazine groups is 1. The summed E-state index contributed by atoms with van der Waals surface area (Å²) in [5.41, 5.74) is 7.31. The summed E-state index contributed by atoms with van der Waals surface area (Å²) < 4.78 is 0. The zero-order valence-electron chi connectivity index (χ0n) is 16.2. The third-order valence-electron chi connectivity index (χ3n) is 5.83. The predicted molar refractivity (Wildman–Crippen MR) is 108 cm³/mol. The minimum Gasteiger partial charge on any atom is -0.354 e. The molecule has 0 spiro atoms. The maximum atomic E-state index is 4.68. The number of nitrogens with zero attached hydrogens (tertiary/aromatic N) is 3. The minimum atomic E-state index is 0.306. The minimum absolute atomic E-state index is 0.306. The van der Waals surface area contributed by atoms with Gasteiger partial charge in [-0.05, 0) is 23.3 Å². The van der Waals surface area contributed by atoms with Gasteiger partial charge >= 0.3 is 0 Å². The van der Waals surface area contributed by atoms with Crippen LogP contribution in [0.15, 0.2) is 36.5 Å². The van der Waals surface area contributed by atoms with Crippen molar-refractivity contribution < 1.29 is 0 Å². The van der Waals surface area contributed by atoms with Crippen molar-refractivity contribution in [2.75, 3.05) is 37.6 Å². The van der Waals surface area contributed by atoms with Crippen LogP contribution in [0.4, 0.5) is 5.82 Å². The summed E-state index contributed by atoms with van der Waals surface area (Å²) in [6.07, 6.45) is 3.14. The van der Waals surface area contributed by atoms with Crippen LogP contribution < -0.4 is 15.8 Å². The van der Waals surface area contributed by atoms with Crippen molar-refractivity contribution in [3.8, 4) is 0 Å². The lowest BCUT2D eigenvalue weighted by atomic mass is 9.84. The first-order chi connectivity index (χ1) is 12.5. The van der Waals surface area contributed by atoms with E-state index in [-0.39, 0.29) is 0 Å². The number of fused-ring (bicyclic) bond motifs is 1. The van der Waals surface area contributed by atoms with Crippen molar-refractivity contribution >= 4 is 16.6 Å². The molecule has 2 saturated heterocycles. The average Bonchev–Trinajstić information content (AvgIpc) is 3.11. The van der Waals surface area contributed by atoms with E-state index < -0.39 is 0 Å². The van der Waals surface area contributed by atoms with Crippen molar-refractivity contribution in [1.82, 2.24) is 20.7 Å². The molecule has 26 heavy (non-hydrogen) atoms. The molecule has 2 aliphatic heterocycles. The molecular weight excluding hydrogens is 322 g/mol. The maximum Gasteiger partial charge on any atom is 0.136 e. The third-order valence-corrected chi connectivity index (χ3v) is 5.83. The van der Waals surface area contributed by atoms with Gasteiger partial charge in [-0.3, -0.25) is 15.8 Å². The number of piperazine rings is 1. The summed E-state index contributed by atoms with van der Waals surface area (Å²) in [6, 6.07) is 11.7. The molecule has 2 unspecified atom stereocenters. The first-order valence-corrected chi connectivity index (χ1v) is 9.83. The topological polar surface area (TPSA) is 43.4 Å². The fourth-order valence-corrected chi connectivity index (χ4v) is 4.12. The van der Waals surface area contributed by atoms with Crippen LogP contribution in [0.5, 0.6) is 0 Å². The maximum absolute atomic E-state index is 4.68. The summed E-state index contributed by atoms with van der Waals surface area (Å²) in [5.74, 6) is 1.14. The molecule has 2 aromatic rings. The van der Waals surface area contributed by atoms with E-state index in [4.69, 9.17) is 0 Å². The van der Waals surface area contributed by atoms with Crippen molar-refractivity contribution in [1.29, 1.82) is 0 Å². The molecule has 1 aromatic carbocycles. The Balaban J connectivity index is 1.35. The Hall–Kier alpha value is -1.69. The van der Waals surface area contributed by atoms with Crippen LogP contribution >= 0.6 is 0 Å². The first kappa shape index (κ1) is 17.7. The Bertz CT molecular complexity index is 740. The summed E-state index contributed by atoms with van der Waals surface area (Å²) >= 11 is 0. The Morgan fingerprint density at radius 1 is 1.04 bits per heavy atom. The largest absolute Gasteiger partial charge is 0.354 e. The summed E-state index contributed by atoms with van der Waals surface area (Å²) in [7, 11) is 0. The van der Waals surface area contributed by atoms with Crippen molar-refractivity contribution in [2.24, 2.45) is 5.41 Å². The number of pyridine rings is 1. The van der Waals surface area contributed by atoms with Gasteiger partial charge in [0.1, 0.15) is 5.82 Å². The van der Waals surface area contributed by atoms with Gasteiger partial charge in [0, 0.05) is 56.4 Å². The van der Waals surface area contributed by atoms with Crippen LogP contribution in [0.2, 0.25) is 0 Å². The van der Waals surface area contributed by atoms with Gasteiger partial charge in [0.2, 0.25) is 0 Å². The molecule has 4 rings (SSSR count). The molecule has 2 atom stereocenters. The van der Waals surface area contributed by atoms with Crippen LogP contribution in [0, 0.1) is 5.41 Å². The molecule has 0 radical (unpaired) electrons. The van der Waals surface area contributed by atoms with E-state index in [0.717, 1.165) is 38.5 Å². The highest BCUT2D eigenvalue weighted by atomic mass is 15.4. The van der Waals surface area contributed by atoms with Gasteiger partial charge in [-0.25, -0.2) is 4.98 Å². The Labute approximate surface area is 156 Å². The van der Waals surface area contributed by atoms with E-state index in [1.807, 2.05) is 6.20 Å². The van der Waals surface area contributed by atoms with Crippen LogP contribution in [0.1, 0.15) is 27.2 Å². The van der Waals surface area contributed by atoms with Crippen LogP contribution in [0.3, 0.4) is 0 Å². The predicted octanol–water partition coefficient (Wildman–Crippen LogP) is 2.64. The fraction of sp³-hybridized carbons (Fsp3) is 0.571. The number of nitrogens with one attached hydrogen (secondary N) is 2. The highest BCUT2D eigenvalue weighted by molar-refractivity contribution is 5.92. The van der Waals surface area contributed by atoms with Crippen molar-refractivity contribution in [2.45, 2.75) is 39.3 Å². The molecule has 0 amide bonds. The van der Waals surface area contributed by atoms with Crippen LogP contribution in [-0.2, 0) is 0 Å². The molecule has 0 aliphatic carbocycles. The number of aromatic nitrogens is 1. The number of rotatable bonds is 3. The highest BCUT2D eigenvalue weighted by Crippen LogP contribution is 2.27. The smallest absolute Gasteiger partial charge is 0.136 e. The van der Waals surface area contributed by atoms with Gasteiger partial charge in [-0.15, -0.1) is 0 Å². The molecule has 2 fully saturated rings. The molecule has 5 nitrogen and oxygen atoms in total. The molecule has 2 N–H and O–H groups in total. The van der Waals surface area contributed by atoms with Gasteiger partial charge in [0.25, 0.3) is 0 Å². The lowest BCUT2D eigenvalue weighted by molar-refractivity contribution is 0.232. The Kier molecular flexibility index (Phi) is 4.86. The van der Waals surface area contributed by atoms with Gasteiger partial charge in [0.05, 0.1) is 0 Å². The summed E-state index contributed by atoms with van der Waals surface area (Å²) in [6.45, 7) is 12.3. The Morgan fingerprint density at radius 2 is 1.81 bits per heavy atom. The second kappa shape index (κ2) is 7.14. The van der Waals surface area contributed by atoms with Gasteiger partial charge in [0.15, 0.2) is 0 Å². The quantitative estimate of drug-likeness (QED) is 0.888. The molecule has 0 saturated carbocycles. The normalized spacial score (nSPS) is 25.1.